The maximum absolute atomic E-state index is 13.3. The van der Waals surface area contributed by atoms with Gasteiger partial charge in [-0.15, -0.1) is 28.5 Å². The predicted molar refractivity (Wildman–Crippen MR) is 122 cm³/mol. The topological polar surface area (TPSA) is 148 Å². The summed E-state index contributed by atoms with van der Waals surface area (Å²) in [6.07, 6.45) is 0.0848. The van der Waals surface area contributed by atoms with E-state index >= 15 is 0 Å². The Morgan fingerprint density at radius 1 is 1.18 bits per heavy atom. The fourth-order valence-electron chi connectivity index (χ4n) is 4.32. The molecule has 0 radical (unpaired) electrons. The van der Waals surface area contributed by atoms with Crippen LogP contribution in [-0.2, 0) is 29.7 Å². The number of anilines is 1. The molecule has 15 heteroatoms. The van der Waals surface area contributed by atoms with E-state index in [-0.39, 0.29) is 35.9 Å². The number of alkyl halides is 3. The molecule has 4 heterocycles. The minimum atomic E-state index is -4.76. The van der Waals surface area contributed by atoms with Crippen LogP contribution in [0.25, 0.3) is 11.5 Å². The summed E-state index contributed by atoms with van der Waals surface area (Å²) in [5.41, 5.74) is 1.89. The second-order valence-corrected chi connectivity index (χ2v) is 9.05. The molecule has 4 aromatic rings. The Morgan fingerprint density at radius 3 is 2.76 bits per heavy atom. The van der Waals surface area contributed by atoms with E-state index < -0.39 is 11.8 Å². The standard InChI is InChI=1S/C23H20F3N9O3/c24-23(25,26)38-15-3-1-2-13(8-15)9-27-21-28-10-14(11-29-21)18-32-33-19(37-18)22(5-6-22)20(36)35-7-4-16-17(12-35)31-34-30-16/h1-3,8,10-11H,4-7,9,12H2,(H,27,28,29)(H,30,31,34). The van der Waals surface area contributed by atoms with Crippen molar-refractivity contribution in [1.29, 1.82) is 0 Å². The van der Waals surface area contributed by atoms with Crippen molar-refractivity contribution >= 4 is 11.9 Å². The van der Waals surface area contributed by atoms with Crippen molar-refractivity contribution in [2.75, 3.05) is 11.9 Å². The van der Waals surface area contributed by atoms with Crippen molar-refractivity contribution in [2.24, 2.45) is 0 Å². The van der Waals surface area contributed by atoms with Crippen molar-refractivity contribution in [1.82, 2.24) is 40.5 Å². The first-order valence-electron chi connectivity index (χ1n) is 11.7. The minimum absolute atomic E-state index is 0.0677. The summed E-state index contributed by atoms with van der Waals surface area (Å²) in [5.74, 6) is 0.311. The van der Waals surface area contributed by atoms with E-state index in [9.17, 15) is 18.0 Å². The van der Waals surface area contributed by atoms with Gasteiger partial charge in [0.25, 0.3) is 5.89 Å². The number of amides is 1. The molecule has 3 aromatic heterocycles. The zero-order valence-electron chi connectivity index (χ0n) is 19.7. The maximum atomic E-state index is 13.3. The molecule has 2 aliphatic rings. The number of nitrogens with one attached hydrogen (secondary N) is 2. The van der Waals surface area contributed by atoms with Crippen molar-refractivity contribution in [3.8, 4) is 17.2 Å². The number of aromatic amines is 1. The molecule has 0 spiro atoms. The number of rotatable bonds is 7. The third-order valence-corrected chi connectivity index (χ3v) is 6.44. The molecule has 196 valence electrons. The minimum Gasteiger partial charge on any atom is -0.419 e. The first-order chi connectivity index (χ1) is 18.3. The van der Waals surface area contributed by atoms with Gasteiger partial charge < -0.3 is 19.4 Å². The van der Waals surface area contributed by atoms with Crippen LogP contribution in [0, 0.1) is 0 Å². The van der Waals surface area contributed by atoms with Gasteiger partial charge in [0.05, 0.1) is 17.8 Å². The molecule has 0 bridgehead atoms. The molecule has 0 atom stereocenters. The van der Waals surface area contributed by atoms with E-state index in [1.807, 2.05) is 0 Å². The molecule has 1 aliphatic carbocycles. The number of carbonyl (C=O) groups is 1. The van der Waals surface area contributed by atoms with Crippen LogP contribution in [-0.4, -0.2) is 59.3 Å². The summed E-state index contributed by atoms with van der Waals surface area (Å²) in [6.45, 7) is 1.12. The molecule has 38 heavy (non-hydrogen) atoms. The van der Waals surface area contributed by atoms with Crippen molar-refractivity contribution in [3.63, 3.8) is 0 Å². The Labute approximate surface area is 212 Å². The molecule has 1 aromatic carbocycles. The molecule has 0 unspecified atom stereocenters. The van der Waals surface area contributed by atoms with Crippen LogP contribution in [0.4, 0.5) is 19.1 Å². The van der Waals surface area contributed by atoms with E-state index in [1.165, 1.54) is 30.6 Å². The maximum Gasteiger partial charge on any atom is 0.573 e. The molecular formula is C23H20F3N9O3. The number of carbonyl (C=O) groups excluding carboxylic acids is 1. The lowest BCUT2D eigenvalue weighted by atomic mass is 10.0. The fourth-order valence-corrected chi connectivity index (χ4v) is 4.32. The van der Waals surface area contributed by atoms with Gasteiger partial charge in [-0.1, -0.05) is 17.3 Å². The highest BCUT2D eigenvalue weighted by Gasteiger charge is 2.58. The van der Waals surface area contributed by atoms with Gasteiger partial charge in [0.1, 0.15) is 16.9 Å². The summed E-state index contributed by atoms with van der Waals surface area (Å²) in [7, 11) is 0. The Bertz CT molecular complexity index is 1460. The zero-order valence-corrected chi connectivity index (χ0v) is 19.7. The van der Waals surface area contributed by atoms with Crippen molar-refractivity contribution < 1.29 is 27.1 Å². The number of ether oxygens (including phenoxy) is 1. The van der Waals surface area contributed by atoms with E-state index in [0.29, 0.717) is 43.5 Å². The van der Waals surface area contributed by atoms with Crippen LogP contribution in [0.2, 0.25) is 0 Å². The SMILES string of the molecule is O=C(N1CCc2[nH]nnc2C1)C1(c2nnc(-c3cnc(NCc4cccc(OC(F)(F)F)c4)nc3)o2)CC1. The highest BCUT2D eigenvalue weighted by Crippen LogP contribution is 2.49. The quantitative estimate of drug-likeness (QED) is 0.368. The third kappa shape index (κ3) is 4.73. The average molecular weight is 527 g/mol. The van der Waals surface area contributed by atoms with E-state index in [2.05, 4.69) is 45.6 Å². The van der Waals surface area contributed by atoms with Gasteiger partial charge in [0.15, 0.2) is 0 Å². The number of hydrogen-bond donors (Lipinski definition) is 2. The predicted octanol–water partition coefficient (Wildman–Crippen LogP) is 2.77. The number of benzene rings is 1. The van der Waals surface area contributed by atoms with Gasteiger partial charge in [-0.05, 0) is 30.5 Å². The van der Waals surface area contributed by atoms with Crippen LogP contribution >= 0.6 is 0 Å². The second kappa shape index (κ2) is 9.08. The normalized spacial score (nSPS) is 16.1. The molecule has 12 nitrogen and oxygen atoms in total. The van der Waals surface area contributed by atoms with Gasteiger partial charge in [-0.25, -0.2) is 9.97 Å². The Morgan fingerprint density at radius 2 is 2.00 bits per heavy atom. The highest BCUT2D eigenvalue weighted by atomic mass is 19.4. The fraction of sp³-hybridized carbons (Fsp3) is 0.348. The molecule has 0 saturated heterocycles. The van der Waals surface area contributed by atoms with E-state index in [4.69, 9.17) is 4.42 Å². The highest BCUT2D eigenvalue weighted by molar-refractivity contribution is 5.90. The summed E-state index contributed by atoms with van der Waals surface area (Å²) in [5, 5.41) is 21.9. The van der Waals surface area contributed by atoms with Crippen LogP contribution in [0.3, 0.4) is 0 Å². The molecule has 2 N–H and O–H groups in total. The zero-order chi connectivity index (χ0) is 26.3. The molecule has 1 fully saturated rings. The summed E-state index contributed by atoms with van der Waals surface area (Å²) < 4.78 is 47.1. The number of aromatic nitrogens is 7. The largest absolute Gasteiger partial charge is 0.573 e. The van der Waals surface area contributed by atoms with Crippen LogP contribution in [0.1, 0.15) is 35.7 Å². The molecule has 1 amide bonds. The Kier molecular flexibility index (Phi) is 5.69. The van der Waals surface area contributed by atoms with E-state index in [0.717, 1.165) is 11.4 Å². The van der Waals surface area contributed by atoms with Crippen molar-refractivity contribution in [2.45, 2.75) is 44.1 Å². The lowest BCUT2D eigenvalue weighted by Gasteiger charge is -2.28. The molecular weight excluding hydrogens is 507 g/mol. The summed E-state index contributed by atoms with van der Waals surface area (Å²) in [6, 6.07) is 5.61. The number of nitrogens with zero attached hydrogens (tertiary/aromatic N) is 7. The lowest BCUT2D eigenvalue weighted by molar-refractivity contribution is -0.274. The van der Waals surface area contributed by atoms with Crippen molar-refractivity contribution in [3.05, 3.63) is 59.5 Å². The number of hydrogen-bond acceptors (Lipinski definition) is 10. The van der Waals surface area contributed by atoms with Crippen LogP contribution < -0.4 is 10.1 Å². The molecule has 1 aliphatic heterocycles. The summed E-state index contributed by atoms with van der Waals surface area (Å²) in [4.78, 5) is 23.5. The van der Waals surface area contributed by atoms with E-state index in [1.54, 1.807) is 11.0 Å². The molecule has 6 rings (SSSR count). The van der Waals surface area contributed by atoms with Crippen LogP contribution in [0.5, 0.6) is 5.75 Å². The number of fused-ring (bicyclic) bond motifs is 1. The second-order valence-electron chi connectivity index (χ2n) is 9.05. The average Bonchev–Trinajstić information content (AvgIpc) is 3.32. The van der Waals surface area contributed by atoms with Gasteiger partial charge in [-0.2, -0.15) is 0 Å². The number of H-pyrrole nitrogens is 1. The first kappa shape index (κ1) is 23.8. The summed E-state index contributed by atoms with van der Waals surface area (Å²) >= 11 is 0. The number of halogens is 3. The Hall–Kier alpha value is -4.56. The smallest absolute Gasteiger partial charge is 0.419 e. The van der Waals surface area contributed by atoms with Crippen LogP contribution in [0.15, 0.2) is 41.1 Å². The third-order valence-electron chi connectivity index (χ3n) is 6.44. The van der Waals surface area contributed by atoms with Gasteiger partial charge in [0.2, 0.25) is 17.7 Å². The van der Waals surface area contributed by atoms with Gasteiger partial charge >= 0.3 is 6.36 Å². The first-order valence-corrected chi connectivity index (χ1v) is 11.7. The monoisotopic (exact) mass is 527 g/mol. The van der Waals surface area contributed by atoms with Gasteiger partial charge in [0, 0.05) is 31.9 Å². The lowest BCUT2D eigenvalue weighted by Crippen LogP contribution is -2.42. The molecule has 1 saturated carbocycles. The Balaban J connectivity index is 1.10. The van der Waals surface area contributed by atoms with Gasteiger partial charge in [-0.3, -0.25) is 9.89 Å².